The van der Waals surface area contributed by atoms with Crippen LogP contribution < -0.4 is 0 Å². The maximum absolute atomic E-state index is 12.2. The highest BCUT2D eigenvalue weighted by Gasteiger charge is 2.14. The lowest BCUT2D eigenvalue weighted by Gasteiger charge is -2.15. The SMILES string of the molecule is Cc1ccc(C(=O)OCC(CN=C=S)Cc2ccccc2)cc1C. The molecule has 0 spiro atoms. The number of nitrogens with zero attached hydrogens (tertiary/aromatic N) is 1. The summed E-state index contributed by atoms with van der Waals surface area (Å²) < 4.78 is 5.49. The predicted molar refractivity (Wildman–Crippen MR) is 99.7 cm³/mol. The number of carbonyl (C=O) groups is 1. The first-order valence-electron chi connectivity index (χ1n) is 7.92. The van der Waals surface area contributed by atoms with Gasteiger partial charge in [-0.05, 0) is 61.3 Å². The van der Waals surface area contributed by atoms with Crippen LogP contribution in [0.2, 0.25) is 0 Å². The normalized spacial score (nSPS) is 11.4. The minimum atomic E-state index is -0.303. The highest BCUT2D eigenvalue weighted by atomic mass is 32.1. The second-order valence-electron chi connectivity index (χ2n) is 5.89. The molecular formula is C20H21NO2S. The zero-order valence-corrected chi connectivity index (χ0v) is 14.8. The van der Waals surface area contributed by atoms with E-state index >= 15 is 0 Å². The summed E-state index contributed by atoms with van der Waals surface area (Å²) in [4.78, 5) is 16.3. The van der Waals surface area contributed by atoms with Crippen molar-refractivity contribution in [2.45, 2.75) is 20.3 Å². The third-order valence-corrected chi connectivity index (χ3v) is 4.10. The van der Waals surface area contributed by atoms with Gasteiger partial charge in [0.05, 0.1) is 23.9 Å². The molecular weight excluding hydrogens is 318 g/mol. The van der Waals surface area contributed by atoms with Crippen molar-refractivity contribution in [1.82, 2.24) is 0 Å². The second kappa shape index (κ2) is 9.11. The average molecular weight is 339 g/mol. The summed E-state index contributed by atoms with van der Waals surface area (Å²) >= 11 is 4.65. The number of hydrogen-bond donors (Lipinski definition) is 0. The molecule has 1 atom stereocenters. The highest BCUT2D eigenvalue weighted by molar-refractivity contribution is 7.78. The number of ether oxygens (including phenoxy) is 1. The minimum absolute atomic E-state index is 0.0818. The fraction of sp³-hybridized carbons (Fsp3) is 0.300. The molecule has 0 bridgehead atoms. The Labute approximate surface area is 148 Å². The van der Waals surface area contributed by atoms with Gasteiger partial charge in [-0.1, -0.05) is 36.4 Å². The first kappa shape index (κ1) is 18.1. The predicted octanol–water partition coefficient (Wildman–Crippen LogP) is 4.42. The van der Waals surface area contributed by atoms with Crippen molar-refractivity contribution in [2.24, 2.45) is 10.9 Å². The van der Waals surface area contributed by atoms with Gasteiger partial charge in [0, 0.05) is 5.92 Å². The molecule has 4 heteroatoms. The molecule has 0 aliphatic carbocycles. The number of rotatable bonds is 7. The number of carbonyl (C=O) groups excluding carboxylic acids is 1. The van der Waals surface area contributed by atoms with Crippen LogP contribution in [0, 0.1) is 19.8 Å². The zero-order chi connectivity index (χ0) is 17.4. The van der Waals surface area contributed by atoms with Gasteiger partial charge in [-0.3, -0.25) is 0 Å². The molecule has 0 saturated heterocycles. The van der Waals surface area contributed by atoms with E-state index in [0.717, 1.165) is 17.5 Å². The molecule has 124 valence electrons. The second-order valence-corrected chi connectivity index (χ2v) is 6.07. The third-order valence-electron chi connectivity index (χ3n) is 3.97. The standard InChI is InChI=1S/C20H21NO2S/c1-15-8-9-19(10-16(15)2)20(22)23-13-18(12-21-14-24)11-17-6-4-3-5-7-17/h3-10,18H,11-13H2,1-2H3. The monoisotopic (exact) mass is 339 g/mol. The zero-order valence-electron chi connectivity index (χ0n) is 14.0. The van der Waals surface area contributed by atoms with Crippen LogP contribution in [-0.2, 0) is 11.2 Å². The van der Waals surface area contributed by atoms with Gasteiger partial charge in [-0.2, -0.15) is 0 Å². The van der Waals surface area contributed by atoms with Crippen LogP contribution in [0.3, 0.4) is 0 Å². The molecule has 1 unspecified atom stereocenters. The number of benzene rings is 2. The van der Waals surface area contributed by atoms with Crippen LogP contribution in [0.25, 0.3) is 0 Å². The van der Waals surface area contributed by atoms with Crippen LogP contribution in [-0.4, -0.2) is 24.3 Å². The van der Waals surface area contributed by atoms with Crippen LogP contribution in [0.4, 0.5) is 0 Å². The summed E-state index contributed by atoms with van der Waals surface area (Å²) in [6.07, 6.45) is 0.779. The summed E-state index contributed by atoms with van der Waals surface area (Å²) in [5.41, 5.74) is 4.00. The molecule has 0 heterocycles. The fourth-order valence-corrected chi connectivity index (χ4v) is 2.51. The summed E-state index contributed by atoms with van der Waals surface area (Å²) in [6.45, 7) is 4.81. The summed E-state index contributed by atoms with van der Waals surface area (Å²) in [7, 11) is 0. The van der Waals surface area contributed by atoms with E-state index in [1.54, 1.807) is 6.07 Å². The molecule has 0 N–H and O–H groups in total. The van der Waals surface area contributed by atoms with Crippen LogP contribution in [0.15, 0.2) is 53.5 Å². The van der Waals surface area contributed by atoms with Crippen LogP contribution >= 0.6 is 12.2 Å². The lowest BCUT2D eigenvalue weighted by atomic mass is 10.0. The Kier molecular flexibility index (Phi) is 6.86. The van der Waals surface area contributed by atoms with Gasteiger partial charge in [0.25, 0.3) is 0 Å². The Hall–Kier alpha value is -2.29. The number of aliphatic imine (C=N–C) groups is 1. The van der Waals surface area contributed by atoms with E-state index in [4.69, 9.17) is 4.74 Å². The van der Waals surface area contributed by atoms with Gasteiger partial charge in [-0.25, -0.2) is 9.79 Å². The summed E-state index contributed by atoms with van der Waals surface area (Å²) in [5.74, 6) is -0.221. The maximum Gasteiger partial charge on any atom is 0.338 e. The van der Waals surface area contributed by atoms with Gasteiger partial charge >= 0.3 is 5.97 Å². The fourth-order valence-electron chi connectivity index (χ4n) is 2.44. The molecule has 0 fully saturated rings. The Bertz CT molecular complexity index is 737. The van der Waals surface area contributed by atoms with E-state index in [0.29, 0.717) is 18.7 Å². The van der Waals surface area contributed by atoms with Crippen molar-refractivity contribution in [3.8, 4) is 0 Å². The molecule has 2 aromatic rings. The number of aryl methyl sites for hydroxylation is 2. The average Bonchev–Trinajstić information content (AvgIpc) is 2.60. The van der Waals surface area contributed by atoms with E-state index in [1.165, 1.54) is 5.56 Å². The molecule has 24 heavy (non-hydrogen) atoms. The first-order chi connectivity index (χ1) is 11.6. The number of isothiocyanates is 1. The van der Waals surface area contributed by atoms with E-state index < -0.39 is 0 Å². The van der Waals surface area contributed by atoms with Gasteiger partial charge in [0.1, 0.15) is 0 Å². The van der Waals surface area contributed by atoms with Crippen molar-refractivity contribution in [3.63, 3.8) is 0 Å². The molecule has 0 aliphatic heterocycles. The molecule has 2 rings (SSSR count). The largest absolute Gasteiger partial charge is 0.462 e. The van der Waals surface area contributed by atoms with Crippen molar-refractivity contribution in [2.75, 3.05) is 13.2 Å². The Morgan fingerprint density at radius 2 is 1.92 bits per heavy atom. The van der Waals surface area contributed by atoms with E-state index in [9.17, 15) is 4.79 Å². The smallest absolute Gasteiger partial charge is 0.338 e. The van der Waals surface area contributed by atoms with Crippen molar-refractivity contribution in [1.29, 1.82) is 0 Å². The highest BCUT2D eigenvalue weighted by Crippen LogP contribution is 2.14. The lowest BCUT2D eigenvalue weighted by molar-refractivity contribution is 0.0444. The Morgan fingerprint density at radius 3 is 2.58 bits per heavy atom. The number of thiocarbonyl (C=S) groups is 1. The van der Waals surface area contributed by atoms with E-state index in [1.807, 2.05) is 44.2 Å². The Balaban J connectivity index is 1.99. The van der Waals surface area contributed by atoms with Gasteiger partial charge in [-0.15, -0.1) is 0 Å². The number of hydrogen-bond acceptors (Lipinski definition) is 4. The Morgan fingerprint density at radius 1 is 1.17 bits per heavy atom. The van der Waals surface area contributed by atoms with Crippen molar-refractivity contribution >= 4 is 23.3 Å². The van der Waals surface area contributed by atoms with Crippen LogP contribution in [0.5, 0.6) is 0 Å². The maximum atomic E-state index is 12.2. The van der Waals surface area contributed by atoms with Gasteiger partial charge in [0.2, 0.25) is 0 Å². The van der Waals surface area contributed by atoms with E-state index in [2.05, 4.69) is 34.5 Å². The number of esters is 1. The van der Waals surface area contributed by atoms with Crippen molar-refractivity contribution < 1.29 is 9.53 Å². The van der Waals surface area contributed by atoms with Crippen LogP contribution in [0.1, 0.15) is 27.0 Å². The quantitative estimate of drug-likeness (QED) is 0.426. The molecule has 3 nitrogen and oxygen atoms in total. The van der Waals surface area contributed by atoms with Gasteiger partial charge < -0.3 is 4.74 Å². The summed E-state index contributed by atoms with van der Waals surface area (Å²) in [6, 6.07) is 15.7. The first-order valence-corrected chi connectivity index (χ1v) is 8.33. The minimum Gasteiger partial charge on any atom is -0.462 e. The summed E-state index contributed by atoms with van der Waals surface area (Å²) in [5, 5.41) is 2.38. The third kappa shape index (κ3) is 5.41. The molecule has 0 amide bonds. The lowest BCUT2D eigenvalue weighted by Crippen LogP contribution is -2.19. The molecule has 0 radical (unpaired) electrons. The van der Waals surface area contributed by atoms with E-state index in [-0.39, 0.29) is 11.9 Å². The van der Waals surface area contributed by atoms with Gasteiger partial charge in [0.15, 0.2) is 0 Å². The molecule has 0 aliphatic rings. The molecule has 0 aromatic heterocycles. The molecule has 0 saturated carbocycles. The molecule has 2 aromatic carbocycles. The van der Waals surface area contributed by atoms with Crippen molar-refractivity contribution in [3.05, 3.63) is 70.8 Å². The topological polar surface area (TPSA) is 38.7 Å².